The van der Waals surface area contributed by atoms with Crippen molar-refractivity contribution in [2.75, 3.05) is 0 Å². The van der Waals surface area contributed by atoms with Gasteiger partial charge < -0.3 is 4.74 Å². The van der Waals surface area contributed by atoms with Crippen molar-refractivity contribution < 1.29 is 4.74 Å². The molecule has 0 bridgehead atoms. The van der Waals surface area contributed by atoms with Crippen LogP contribution in [0.5, 0.6) is 5.75 Å². The molecule has 5 rings (SSSR count). The van der Waals surface area contributed by atoms with Gasteiger partial charge in [-0.05, 0) is 117 Å². The van der Waals surface area contributed by atoms with E-state index in [1.54, 1.807) is 11.1 Å². The summed E-state index contributed by atoms with van der Waals surface area (Å²) in [5.74, 6) is 5.35. The van der Waals surface area contributed by atoms with E-state index < -0.39 is 0 Å². The van der Waals surface area contributed by atoms with Gasteiger partial charge in [-0.2, -0.15) is 0 Å². The van der Waals surface area contributed by atoms with Crippen LogP contribution in [0.25, 0.3) is 0 Å². The Morgan fingerprint density at radius 3 is 2.59 bits per heavy atom. The summed E-state index contributed by atoms with van der Waals surface area (Å²) in [5, 5.41) is 0. The van der Waals surface area contributed by atoms with Crippen molar-refractivity contribution >= 4 is 0 Å². The maximum atomic E-state index is 6.41. The Balaban J connectivity index is 1.30. The first-order valence-electron chi connectivity index (χ1n) is 14.4. The van der Waals surface area contributed by atoms with Gasteiger partial charge in [-0.15, -0.1) is 0 Å². The Morgan fingerprint density at radius 2 is 1.82 bits per heavy atom. The topological polar surface area (TPSA) is 9.23 Å². The zero-order chi connectivity index (χ0) is 23.9. The van der Waals surface area contributed by atoms with Crippen LogP contribution in [0.4, 0.5) is 0 Å². The van der Waals surface area contributed by atoms with Gasteiger partial charge in [0.2, 0.25) is 0 Å². The minimum absolute atomic E-state index is 0.349. The van der Waals surface area contributed by atoms with Crippen molar-refractivity contribution in [2.24, 2.45) is 40.4 Å². The molecule has 7 unspecified atom stereocenters. The predicted molar refractivity (Wildman–Crippen MR) is 144 cm³/mol. The van der Waals surface area contributed by atoms with E-state index in [-0.39, 0.29) is 0 Å². The van der Waals surface area contributed by atoms with E-state index in [2.05, 4.69) is 77.1 Å². The second-order valence-corrected chi connectivity index (χ2v) is 13.1. The second-order valence-electron chi connectivity index (χ2n) is 13.1. The first kappa shape index (κ1) is 24.2. The lowest BCUT2D eigenvalue weighted by molar-refractivity contribution is -0.0436. The average molecular weight is 461 g/mol. The highest BCUT2D eigenvalue weighted by Gasteiger charge is 2.58. The van der Waals surface area contributed by atoms with Gasteiger partial charge in [0.1, 0.15) is 11.9 Å². The third-order valence-corrected chi connectivity index (χ3v) is 10.9. The molecule has 1 nitrogen and oxygen atoms in total. The molecule has 0 spiro atoms. The molecule has 4 aliphatic carbocycles. The van der Waals surface area contributed by atoms with Gasteiger partial charge in [0.05, 0.1) is 0 Å². The highest BCUT2D eigenvalue weighted by molar-refractivity contribution is 5.28. The summed E-state index contributed by atoms with van der Waals surface area (Å²) >= 11 is 0. The van der Waals surface area contributed by atoms with Gasteiger partial charge in [0.15, 0.2) is 0 Å². The Hall–Kier alpha value is -1.50. The number of rotatable bonds is 6. The van der Waals surface area contributed by atoms with E-state index in [4.69, 9.17) is 4.74 Å². The van der Waals surface area contributed by atoms with Gasteiger partial charge in [-0.1, -0.05) is 69.2 Å². The fourth-order valence-electron chi connectivity index (χ4n) is 8.95. The molecule has 4 aliphatic rings. The van der Waals surface area contributed by atoms with Gasteiger partial charge in [-0.25, -0.2) is 0 Å². The Labute approximate surface area is 209 Å². The number of hydrogen-bond donors (Lipinski definition) is 0. The fraction of sp³-hybridized carbons (Fsp3) is 0.697. The van der Waals surface area contributed by atoms with E-state index >= 15 is 0 Å². The number of benzene rings is 1. The van der Waals surface area contributed by atoms with Crippen LogP contribution in [0.1, 0.15) is 98.8 Å². The molecule has 0 aromatic heterocycles. The molecule has 3 fully saturated rings. The van der Waals surface area contributed by atoms with Gasteiger partial charge in [0.25, 0.3) is 0 Å². The molecule has 1 aromatic carbocycles. The minimum atomic E-state index is 0.349. The van der Waals surface area contributed by atoms with Crippen LogP contribution in [-0.4, -0.2) is 6.10 Å². The molecule has 1 heteroatoms. The Morgan fingerprint density at radius 1 is 1.03 bits per heavy atom. The van der Waals surface area contributed by atoms with Crippen molar-refractivity contribution in [2.45, 2.75) is 105 Å². The van der Waals surface area contributed by atoms with E-state index in [0.717, 1.165) is 41.8 Å². The first-order valence-corrected chi connectivity index (χ1v) is 14.4. The molecule has 0 radical (unpaired) electrons. The van der Waals surface area contributed by atoms with Crippen LogP contribution >= 0.6 is 0 Å². The van der Waals surface area contributed by atoms with Crippen molar-refractivity contribution in [1.29, 1.82) is 0 Å². The third kappa shape index (κ3) is 4.31. The van der Waals surface area contributed by atoms with Crippen LogP contribution in [0.2, 0.25) is 0 Å². The highest BCUT2D eigenvalue weighted by atomic mass is 16.5. The van der Waals surface area contributed by atoms with Crippen molar-refractivity contribution in [3.8, 4) is 5.75 Å². The van der Waals surface area contributed by atoms with E-state index in [1.165, 1.54) is 57.8 Å². The molecular weight excluding hydrogens is 412 g/mol. The summed E-state index contributed by atoms with van der Waals surface area (Å²) in [6.45, 7) is 12.5. The normalized spacial score (nSPS) is 39.8. The van der Waals surface area contributed by atoms with Crippen molar-refractivity contribution in [3.05, 3.63) is 53.6 Å². The molecule has 34 heavy (non-hydrogen) atoms. The summed E-state index contributed by atoms with van der Waals surface area (Å²) in [5.41, 5.74) is 4.36. The van der Waals surface area contributed by atoms with Crippen molar-refractivity contribution in [3.63, 3.8) is 0 Å². The molecule has 0 saturated heterocycles. The Kier molecular flexibility index (Phi) is 6.77. The number of para-hydroxylation sites is 1. The van der Waals surface area contributed by atoms with E-state index in [1.807, 2.05) is 0 Å². The number of hydrogen-bond acceptors (Lipinski definition) is 1. The van der Waals surface area contributed by atoms with Crippen LogP contribution in [0, 0.1) is 40.4 Å². The minimum Gasteiger partial charge on any atom is -0.490 e. The summed E-state index contributed by atoms with van der Waals surface area (Å²) in [4.78, 5) is 0. The maximum absolute atomic E-state index is 6.41. The fourth-order valence-corrected chi connectivity index (χ4v) is 8.95. The lowest BCUT2D eigenvalue weighted by Crippen LogP contribution is -2.50. The summed E-state index contributed by atoms with van der Waals surface area (Å²) in [6.07, 6.45) is 19.0. The summed E-state index contributed by atoms with van der Waals surface area (Å²) in [6, 6.07) is 10.5. The number of fused-ring (bicyclic) bond motifs is 5. The number of allylic oxidation sites excluding steroid dienone is 3. The molecular formula is C33H48O. The SMILES string of the molecule is C/C(=C/CCC(C)C)C1CCC2C3CC=C4CC(Oc5ccccc5)CCC4(C)C3CCC12C. The molecule has 7 atom stereocenters. The highest BCUT2D eigenvalue weighted by Crippen LogP contribution is 2.67. The molecule has 0 amide bonds. The smallest absolute Gasteiger partial charge is 0.119 e. The molecule has 0 aliphatic heterocycles. The summed E-state index contributed by atoms with van der Waals surface area (Å²) in [7, 11) is 0. The zero-order valence-corrected chi connectivity index (χ0v) is 22.5. The van der Waals surface area contributed by atoms with Gasteiger partial charge >= 0.3 is 0 Å². The van der Waals surface area contributed by atoms with Crippen LogP contribution in [0.15, 0.2) is 53.6 Å². The summed E-state index contributed by atoms with van der Waals surface area (Å²) < 4.78 is 6.41. The largest absolute Gasteiger partial charge is 0.490 e. The predicted octanol–water partition coefficient (Wildman–Crippen LogP) is 9.40. The van der Waals surface area contributed by atoms with Crippen LogP contribution in [0.3, 0.4) is 0 Å². The standard InChI is InChI=1S/C33H48O/c1-23(2)10-9-11-24(3)29-16-17-30-28-15-14-25-22-27(34-26-12-7-6-8-13-26)18-20-32(25,4)31(28)19-21-33(29,30)5/h6-8,11-14,23,27-31H,9-10,15-22H2,1-5H3/b24-11-. The average Bonchev–Trinajstić information content (AvgIpc) is 3.17. The van der Waals surface area contributed by atoms with Crippen LogP contribution in [-0.2, 0) is 0 Å². The zero-order valence-electron chi connectivity index (χ0n) is 22.5. The molecule has 3 saturated carbocycles. The van der Waals surface area contributed by atoms with E-state index in [0.29, 0.717) is 16.9 Å². The molecule has 1 aromatic rings. The van der Waals surface area contributed by atoms with Crippen LogP contribution < -0.4 is 4.74 Å². The second kappa shape index (κ2) is 9.51. The molecule has 0 N–H and O–H groups in total. The Bertz CT molecular complexity index is 910. The number of ether oxygens (including phenoxy) is 1. The quantitative estimate of drug-likeness (QED) is 0.384. The lowest BCUT2D eigenvalue weighted by atomic mass is 9.47. The lowest BCUT2D eigenvalue weighted by Gasteiger charge is -2.58. The van der Waals surface area contributed by atoms with Gasteiger partial charge in [0, 0.05) is 6.42 Å². The first-order chi connectivity index (χ1) is 16.3. The van der Waals surface area contributed by atoms with Crippen molar-refractivity contribution in [1.82, 2.24) is 0 Å². The van der Waals surface area contributed by atoms with E-state index in [9.17, 15) is 0 Å². The monoisotopic (exact) mass is 460 g/mol. The maximum Gasteiger partial charge on any atom is 0.119 e. The van der Waals surface area contributed by atoms with Gasteiger partial charge in [-0.3, -0.25) is 0 Å². The molecule has 0 heterocycles. The molecule has 186 valence electrons. The third-order valence-electron chi connectivity index (χ3n) is 10.9.